The van der Waals surface area contributed by atoms with E-state index in [2.05, 4.69) is 35.3 Å². The van der Waals surface area contributed by atoms with Gasteiger partial charge in [-0.1, -0.05) is 24.3 Å². The molecule has 2 fully saturated rings. The van der Waals surface area contributed by atoms with Crippen molar-refractivity contribution in [3.8, 4) is 0 Å². The van der Waals surface area contributed by atoms with Crippen molar-refractivity contribution in [2.75, 3.05) is 41.4 Å². The Labute approximate surface area is 163 Å². The van der Waals surface area contributed by atoms with Crippen LogP contribution in [0.3, 0.4) is 0 Å². The molecule has 9 heteroatoms. The van der Waals surface area contributed by atoms with Crippen LogP contribution in [0, 0.1) is 0 Å². The van der Waals surface area contributed by atoms with Crippen LogP contribution in [-0.4, -0.2) is 53.3 Å². The van der Waals surface area contributed by atoms with E-state index in [0.29, 0.717) is 17.8 Å². The number of hydrogen-bond donors (Lipinski definition) is 1. The highest BCUT2D eigenvalue weighted by atomic mass is 16.4. The van der Waals surface area contributed by atoms with Gasteiger partial charge in [0.2, 0.25) is 17.8 Å². The van der Waals surface area contributed by atoms with Crippen LogP contribution in [-0.2, 0) is 0 Å². The van der Waals surface area contributed by atoms with Crippen molar-refractivity contribution in [3.05, 3.63) is 35.4 Å². The summed E-state index contributed by atoms with van der Waals surface area (Å²) in [5.41, 5.74) is 3.77. The molecular weight excluding hydrogens is 358 g/mol. The fourth-order valence-electron chi connectivity index (χ4n) is 3.39. The predicted octanol–water partition coefficient (Wildman–Crippen LogP) is 0.881. The van der Waals surface area contributed by atoms with Gasteiger partial charge in [-0.05, 0) is 36.8 Å². The minimum absolute atomic E-state index is 0.132. The van der Waals surface area contributed by atoms with E-state index in [9.17, 15) is 9.90 Å². The zero-order valence-corrected chi connectivity index (χ0v) is 15.5. The number of benzene rings is 1. The number of anilines is 3. The first-order valence-electron chi connectivity index (χ1n) is 9.55. The number of aromatic nitrogens is 3. The minimum Gasteiger partial charge on any atom is -0.545 e. The number of carbonyl (C=O) groups excluding carboxylic acids is 1. The second kappa shape index (κ2) is 8.20. The Morgan fingerprint density at radius 3 is 1.96 bits per heavy atom. The molecule has 9 nitrogen and oxygen atoms in total. The molecule has 0 unspecified atom stereocenters. The lowest BCUT2D eigenvalue weighted by Crippen LogP contribution is -2.25. The van der Waals surface area contributed by atoms with E-state index in [0.717, 1.165) is 57.4 Å². The largest absolute Gasteiger partial charge is 0.545 e. The standard InChI is InChI=1S/C19H23N7O2/c27-16(28)15-7-5-14(6-8-15)13-20-24-17-21-18(25-9-1-2-10-25)23-19(22-17)26-11-3-4-12-26/h5-8,13H,1-4,9-12H2,(H,27,28)(H,21,22,23,24)/p-1/b20-13-. The molecule has 0 saturated carbocycles. The van der Waals surface area contributed by atoms with Gasteiger partial charge in [-0.2, -0.15) is 20.1 Å². The lowest BCUT2D eigenvalue weighted by atomic mass is 10.1. The first-order valence-corrected chi connectivity index (χ1v) is 9.55. The number of rotatable bonds is 6. The van der Waals surface area contributed by atoms with E-state index in [1.54, 1.807) is 18.3 Å². The Morgan fingerprint density at radius 2 is 1.46 bits per heavy atom. The zero-order chi connectivity index (χ0) is 19.3. The van der Waals surface area contributed by atoms with Gasteiger partial charge in [0.15, 0.2) is 0 Å². The van der Waals surface area contributed by atoms with Gasteiger partial charge in [0.1, 0.15) is 0 Å². The maximum atomic E-state index is 10.8. The number of carboxylic acid groups (broad SMARTS) is 1. The Hall–Kier alpha value is -3.23. The Balaban J connectivity index is 1.51. The number of carboxylic acids is 1. The number of hydrogen-bond acceptors (Lipinski definition) is 9. The van der Waals surface area contributed by atoms with Crippen molar-refractivity contribution in [2.24, 2.45) is 5.10 Å². The van der Waals surface area contributed by atoms with Gasteiger partial charge in [-0.25, -0.2) is 5.43 Å². The predicted molar refractivity (Wildman–Crippen MR) is 105 cm³/mol. The third kappa shape index (κ3) is 4.19. The second-order valence-electron chi connectivity index (χ2n) is 6.93. The van der Waals surface area contributed by atoms with Crippen LogP contribution in [0.1, 0.15) is 41.6 Å². The van der Waals surface area contributed by atoms with E-state index in [1.165, 1.54) is 12.1 Å². The molecule has 2 aliphatic rings. The molecule has 1 aromatic carbocycles. The highest BCUT2D eigenvalue weighted by Crippen LogP contribution is 2.22. The number of hydrazone groups is 1. The molecule has 0 atom stereocenters. The van der Waals surface area contributed by atoms with Crippen molar-refractivity contribution in [3.63, 3.8) is 0 Å². The normalized spacial score (nSPS) is 16.9. The topological polar surface area (TPSA) is 110 Å². The molecule has 0 bridgehead atoms. The minimum atomic E-state index is -1.20. The summed E-state index contributed by atoms with van der Waals surface area (Å²) in [6.45, 7) is 3.82. The van der Waals surface area contributed by atoms with Gasteiger partial charge in [0, 0.05) is 26.2 Å². The summed E-state index contributed by atoms with van der Waals surface area (Å²) >= 11 is 0. The van der Waals surface area contributed by atoms with Crippen LogP contribution in [0.4, 0.5) is 17.8 Å². The van der Waals surface area contributed by atoms with Crippen LogP contribution in [0.5, 0.6) is 0 Å². The molecule has 4 rings (SSSR count). The molecule has 0 amide bonds. The van der Waals surface area contributed by atoms with Crippen LogP contribution in [0.25, 0.3) is 0 Å². The summed E-state index contributed by atoms with van der Waals surface area (Å²) in [4.78, 5) is 28.9. The molecule has 2 aliphatic heterocycles. The Kier molecular flexibility index (Phi) is 5.31. The summed E-state index contributed by atoms with van der Waals surface area (Å²) in [6.07, 6.45) is 6.18. The quantitative estimate of drug-likeness (QED) is 0.581. The highest BCUT2D eigenvalue weighted by Gasteiger charge is 2.21. The van der Waals surface area contributed by atoms with Crippen LogP contribution in [0.15, 0.2) is 29.4 Å². The summed E-state index contributed by atoms with van der Waals surface area (Å²) in [6, 6.07) is 6.29. The van der Waals surface area contributed by atoms with E-state index in [-0.39, 0.29) is 5.56 Å². The summed E-state index contributed by atoms with van der Waals surface area (Å²) in [5.74, 6) is 0.577. The smallest absolute Gasteiger partial charge is 0.250 e. The van der Waals surface area contributed by atoms with Crippen molar-refractivity contribution in [1.82, 2.24) is 15.0 Å². The molecule has 28 heavy (non-hydrogen) atoms. The molecule has 2 aromatic rings. The van der Waals surface area contributed by atoms with Gasteiger partial charge >= 0.3 is 0 Å². The van der Waals surface area contributed by atoms with Crippen molar-refractivity contribution in [1.29, 1.82) is 0 Å². The van der Waals surface area contributed by atoms with E-state index in [1.807, 2.05) is 0 Å². The van der Waals surface area contributed by atoms with E-state index >= 15 is 0 Å². The van der Waals surface area contributed by atoms with Crippen molar-refractivity contribution in [2.45, 2.75) is 25.7 Å². The van der Waals surface area contributed by atoms with Crippen LogP contribution in [0.2, 0.25) is 0 Å². The molecule has 0 spiro atoms. The molecule has 0 aliphatic carbocycles. The van der Waals surface area contributed by atoms with E-state index < -0.39 is 5.97 Å². The van der Waals surface area contributed by atoms with Crippen LogP contribution < -0.4 is 20.3 Å². The maximum Gasteiger partial charge on any atom is 0.250 e. The van der Waals surface area contributed by atoms with E-state index in [4.69, 9.17) is 0 Å². The third-order valence-corrected chi connectivity index (χ3v) is 4.91. The monoisotopic (exact) mass is 380 g/mol. The fourth-order valence-corrected chi connectivity index (χ4v) is 3.39. The summed E-state index contributed by atoms with van der Waals surface area (Å²) < 4.78 is 0. The van der Waals surface area contributed by atoms with Gasteiger partial charge in [-0.3, -0.25) is 0 Å². The lowest BCUT2D eigenvalue weighted by Gasteiger charge is -2.20. The SMILES string of the molecule is O=C([O-])c1ccc(/C=N\Nc2nc(N3CCCC3)nc(N3CCCC3)n2)cc1. The fraction of sp³-hybridized carbons (Fsp3) is 0.421. The molecule has 2 saturated heterocycles. The van der Waals surface area contributed by atoms with Crippen molar-refractivity contribution >= 4 is 30.0 Å². The van der Waals surface area contributed by atoms with Gasteiger partial charge in [0.25, 0.3) is 0 Å². The molecule has 1 N–H and O–H groups in total. The first kappa shape index (κ1) is 18.1. The number of nitrogens with one attached hydrogen (secondary N) is 1. The third-order valence-electron chi connectivity index (χ3n) is 4.91. The summed E-state index contributed by atoms with van der Waals surface area (Å²) in [5, 5.41) is 15.0. The van der Waals surface area contributed by atoms with Gasteiger partial charge in [0.05, 0.1) is 12.2 Å². The molecule has 0 radical (unpaired) electrons. The lowest BCUT2D eigenvalue weighted by molar-refractivity contribution is -0.255. The van der Waals surface area contributed by atoms with Crippen molar-refractivity contribution < 1.29 is 9.90 Å². The average Bonchev–Trinajstić information content (AvgIpc) is 3.42. The van der Waals surface area contributed by atoms with Crippen LogP contribution >= 0.6 is 0 Å². The zero-order valence-electron chi connectivity index (χ0n) is 15.5. The second-order valence-corrected chi connectivity index (χ2v) is 6.93. The Bertz CT molecular complexity index is 823. The first-order chi connectivity index (χ1) is 13.7. The molecule has 146 valence electrons. The number of aromatic carboxylic acids is 1. The van der Waals surface area contributed by atoms with Gasteiger partial charge in [-0.15, -0.1) is 0 Å². The number of nitrogens with zero attached hydrogens (tertiary/aromatic N) is 6. The number of carbonyl (C=O) groups is 1. The summed E-state index contributed by atoms with van der Waals surface area (Å²) in [7, 11) is 0. The average molecular weight is 380 g/mol. The molecule has 1 aromatic heterocycles. The highest BCUT2D eigenvalue weighted by molar-refractivity contribution is 5.87. The van der Waals surface area contributed by atoms with Gasteiger partial charge < -0.3 is 19.7 Å². The Morgan fingerprint density at radius 1 is 0.929 bits per heavy atom. The molecular formula is C19H22N7O2-. The molecule has 3 heterocycles. The maximum absolute atomic E-state index is 10.8.